The molecule has 1 aromatic carbocycles. The molecule has 3 rings (SSSR count). The number of nitrogens with zero attached hydrogens (tertiary/aromatic N) is 2. The summed E-state index contributed by atoms with van der Waals surface area (Å²) in [6.07, 6.45) is 3.25. The lowest BCUT2D eigenvalue weighted by molar-refractivity contribution is -0.116. The average Bonchev–Trinajstić information content (AvgIpc) is 3.04. The van der Waals surface area contributed by atoms with Gasteiger partial charge in [-0.3, -0.25) is 9.79 Å². The second-order valence-corrected chi connectivity index (χ2v) is 7.62. The Morgan fingerprint density at radius 3 is 2.93 bits per heavy atom. The molecule has 1 aliphatic heterocycles. The topological polar surface area (TPSA) is 78.4 Å². The molecule has 0 bridgehead atoms. The standard InChI is InChI=1S/C19H25N5OS.HI/c1-3-20-19(21-9-8-18-22-11-13(2)26-18)23-12-14-10-17(25)24-16-7-5-4-6-15(14)16;/h4-7,11,14H,3,8-10,12H2,1-2H3,(H,24,25)(H2,20,21,23);1H. The first-order valence-electron chi connectivity index (χ1n) is 8.98. The van der Waals surface area contributed by atoms with Gasteiger partial charge in [-0.15, -0.1) is 35.3 Å². The number of carbonyl (C=O) groups is 1. The van der Waals surface area contributed by atoms with E-state index in [1.807, 2.05) is 31.3 Å². The maximum atomic E-state index is 11.9. The van der Waals surface area contributed by atoms with Gasteiger partial charge in [0.15, 0.2) is 5.96 Å². The highest BCUT2D eigenvalue weighted by atomic mass is 127. The number of nitrogens with one attached hydrogen (secondary N) is 3. The number of amides is 1. The fourth-order valence-electron chi connectivity index (χ4n) is 3.01. The van der Waals surface area contributed by atoms with Crippen LogP contribution in [0.1, 0.15) is 34.7 Å². The summed E-state index contributed by atoms with van der Waals surface area (Å²) in [6, 6.07) is 7.96. The van der Waals surface area contributed by atoms with Gasteiger partial charge in [0.2, 0.25) is 5.91 Å². The van der Waals surface area contributed by atoms with Crippen LogP contribution < -0.4 is 16.0 Å². The van der Waals surface area contributed by atoms with Crippen molar-refractivity contribution >= 4 is 52.9 Å². The van der Waals surface area contributed by atoms with Gasteiger partial charge in [-0.1, -0.05) is 18.2 Å². The number of para-hydroxylation sites is 1. The molecular formula is C19H26IN5OS. The number of hydrogen-bond acceptors (Lipinski definition) is 4. The Bertz CT molecular complexity index is 792. The molecule has 1 atom stereocenters. The maximum Gasteiger partial charge on any atom is 0.225 e. The molecule has 3 N–H and O–H groups in total. The predicted octanol–water partition coefficient (Wildman–Crippen LogP) is 3.29. The van der Waals surface area contributed by atoms with Crippen molar-refractivity contribution in [2.75, 3.05) is 25.0 Å². The third kappa shape index (κ3) is 6.17. The molecule has 0 aliphatic carbocycles. The van der Waals surface area contributed by atoms with Crippen LogP contribution in [0.25, 0.3) is 0 Å². The number of guanidine groups is 1. The first kappa shape index (κ1) is 21.6. The number of aryl methyl sites for hydroxylation is 1. The third-order valence-corrected chi connectivity index (χ3v) is 5.19. The first-order valence-corrected chi connectivity index (χ1v) is 9.79. The molecule has 8 heteroatoms. The number of benzene rings is 1. The molecule has 0 fully saturated rings. The smallest absolute Gasteiger partial charge is 0.225 e. The Kier molecular flexibility index (Phi) is 8.49. The van der Waals surface area contributed by atoms with Crippen molar-refractivity contribution in [3.8, 4) is 0 Å². The lowest BCUT2D eigenvalue weighted by Crippen LogP contribution is -2.38. The molecule has 1 aromatic heterocycles. The molecule has 6 nitrogen and oxygen atoms in total. The van der Waals surface area contributed by atoms with E-state index in [0.717, 1.165) is 41.7 Å². The summed E-state index contributed by atoms with van der Waals surface area (Å²) in [5.74, 6) is 0.947. The van der Waals surface area contributed by atoms with E-state index < -0.39 is 0 Å². The van der Waals surface area contributed by atoms with Crippen LogP contribution in [0, 0.1) is 6.92 Å². The van der Waals surface area contributed by atoms with Crippen molar-refractivity contribution in [3.63, 3.8) is 0 Å². The van der Waals surface area contributed by atoms with E-state index in [0.29, 0.717) is 13.0 Å². The Balaban J connectivity index is 0.00000261. The zero-order valence-corrected chi connectivity index (χ0v) is 18.8. The Labute approximate surface area is 181 Å². The molecule has 1 aliphatic rings. The van der Waals surface area contributed by atoms with Crippen molar-refractivity contribution in [2.24, 2.45) is 4.99 Å². The second kappa shape index (κ2) is 10.6. The zero-order valence-electron chi connectivity index (χ0n) is 15.6. The van der Waals surface area contributed by atoms with Gasteiger partial charge in [0, 0.05) is 48.6 Å². The van der Waals surface area contributed by atoms with E-state index in [1.54, 1.807) is 11.3 Å². The van der Waals surface area contributed by atoms with Crippen LogP contribution in [-0.2, 0) is 11.2 Å². The number of anilines is 1. The monoisotopic (exact) mass is 499 g/mol. The predicted molar refractivity (Wildman–Crippen MR) is 122 cm³/mol. The van der Waals surface area contributed by atoms with Gasteiger partial charge in [-0.25, -0.2) is 4.98 Å². The fraction of sp³-hybridized carbons (Fsp3) is 0.421. The number of rotatable bonds is 6. The van der Waals surface area contributed by atoms with E-state index in [4.69, 9.17) is 4.99 Å². The number of hydrogen-bond donors (Lipinski definition) is 3. The molecule has 0 radical (unpaired) electrons. The Hall–Kier alpha value is -1.68. The SMILES string of the molecule is CCNC(=NCC1CC(=O)Nc2ccccc21)NCCc1ncc(C)s1.I. The molecule has 1 unspecified atom stereocenters. The summed E-state index contributed by atoms with van der Waals surface area (Å²) in [6.45, 7) is 6.27. The van der Waals surface area contributed by atoms with Gasteiger partial charge in [-0.05, 0) is 25.5 Å². The van der Waals surface area contributed by atoms with Crippen LogP contribution in [0.15, 0.2) is 35.5 Å². The minimum atomic E-state index is 0. The molecular weight excluding hydrogens is 473 g/mol. The summed E-state index contributed by atoms with van der Waals surface area (Å²) >= 11 is 1.73. The van der Waals surface area contributed by atoms with Gasteiger partial charge in [0.1, 0.15) is 0 Å². The molecule has 0 spiro atoms. The van der Waals surface area contributed by atoms with E-state index >= 15 is 0 Å². The average molecular weight is 499 g/mol. The Morgan fingerprint density at radius 1 is 1.37 bits per heavy atom. The van der Waals surface area contributed by atoms with Crippen molar-refractivity contribution in [1.82, 2.24) is 15.6 Å². The number of thiazole rings is 1. The third-order valence-electron chi connectivity index (χ3n) is 4.22. The highest BCUT2D eigenvalue weighted by Gasteiger charge is 2.24. The zero-order chi connectivity index (χ0) is 18.4. The quantitative estimate of drug-likeness (QED) is 0.324. The van der Waals surface area contributed by atoms with Crippen LogP contribution in [-0.4, -0.2) is 36.5 Å². The van der Waals surface area contributed by atoms with Gasteiger partial charge >= 0.3 is 0 Å². The lowest BCUT2D eigenvalue weighted by atomic mass is 9.91. The molecule has 1 amide bonds. The largest absolute Gasteiger partial charge is 0.357 e. The van der Waals surface area contributed by atoms with Crippen molar-refractivity contribution in [1.29, 1.82) is 0 Å². The van der Waals surface area contributed by atoms with Gasteiger partial charge in [0.25, 0.3) is 0 Å². The van der Waals surface area contributed by atoms with E-state index in [9.17, 15) is 4.79 Å². The van der Waals surface area contributed by atoms with Crippen LogP contribution >= 0.6 is 35.3 Å². The summed E-state index contributed by atoms with van der Waals surface area (Å²) in [5.41, 5.74) is 2.06. The molecule has 2 aromatic rings. The van der Waals surface area contributed by atoms with Crippen LogP contribution in [0.5, 0.6) is 0 Å². The minimum absolute atomic E-state index is 0. The summed E-state index contributed by atoms with van der Waals surface area (Å²) in [4.78, 5) is 22.3. The van der Waals surface area contributed by atoms with Crippen LogP contribution in [0.3, 0.4) is 0 Å². The number of halogens is 1. The highest BCUT2D eigenvalue weighted by molar-refractivity contribution is 14.0. The van der Waals surface area contributed by atoms with E-state index in [2.05, 4.69) is 33.9 Å². The van der Waals surface area contributed by atoms with Crippen molar-refractivity contribution in [3.05, 3.63) is 45.9 Å². The van der Waals surface area contributed by atoms with E-state index in [1.165, 1.54) is 4.88 Å². The molecule has 146 valence electrons. The van der Waals surface area contributed by atoms with Gasteiger partial charge < -0.3 is 16.0 Å². The lowest BCUT2D eigenvalue weighted by Gasteiger charge is -2.24. The second-order valence-electron chi connectivity index (χ2n) is 6.30. The minimum Gasteiger partial charge on any atom is -0.357 e. The summed E-state index contributed by atoms with van der Waals surface area (Å²) in [5, 5.41) is 10.7. The van der Waals surface area contributed by atoms with Crippen LogP contribution in [0.4, 0.5) is 5.69 Å². The van der Waals surface area contributed by atoms with Gasteiger partial charge in [0.05, 0.1) is 11.6 Å². The molecule has 0 saturated carbocycles. The molecule has 27 heavy (non-hydrogen) atoms. The Morgan fingerprint density at radius 2 is 2.19 bits per heavy atom. The van der Waals surface area contributed by atoms with E-state index in [-0.39, 0.29) is 35.8 Å². The number of fused-ring (bicyclic) bond motifs is 1. The molecule has 2 heterocycles. The number of carbonyl (C=O) groups excluding carboxylic acids is 1. The van der Waals surface area contributed by atoms with Crippen molar-refractivity contribution < 1.29 is 4.79 Å². The van der Waals surface area contributed by atoms with Crippen molar-refractivity contribution in [2.45, 2.75) is 32.6 Å². The summed E-state index contributed by atoms with van der Waals surface area (Å²) in [7, 11) is 0. The first-order chi connectivity index (χ1) is 12.7. The fourth-order valence-corrected chi connectivity index (χ4v) is 3.80. The highest BCUT2D eigenvalue weighted by Crippen LogP contribution is 2.31. The van der Waals surface area contributed by atoms with Crippen LogP contribution in [0.2, 0.25) is 0 Å². The summed E-state index contributed by atoms with van der Waals surface area (Å²) < 4.78 is 0. The number of aliphatic imine (C=N–C) groups is 1. The maximum absolute atomic E-state index is 11.9. The van der Waals surface area contributed by atoms with Gasteiger partial charge in [-0.2, -0.15) is 0 Å². The molecule has 0 saturated heterocycles. The normalized spacial score (nSPS) is 16.1. The number of aromatic nitrogens is 1.